The Hall–Kier alpha value is -1.94. The van der Waals surface area contributed by atoms with E-state index in [9.17, 15) is 4.79 Å². The molecule has 0 saturated carbocycles. The standard InChI is InChI=1S/C13H15N3O/c1-2-11-15-8-9-16(11)13(17)12(14)10-6-4-3-5-7-10/h3-9,12H,2,14H2,1H3. The first-order chi connectivity index (χ1) is 8.24. The third-order valence-electron chi connectivity index (χ3n) is 2.70. The van der Waals surface area contributed by atoms with E-state index in [1.807, 2.05) is 37.3 Å². The minimum absolute atomic E-state index is 0.148. The highest BCUT2D eigenvalue weighted by Gasteiger charge is 2.19. The molecule has 88 valence electrons. The molecule has 1 heterocycles. The Kier molecular flexibility index (Phi) is 3.35. The molecule has 4 nitrogen and oxygen atoms in total. The van der Waals surface area contributed by atoms with Crippen LogP contribution in [0, 0.1) is 0 Å². The van der Waals surface area contributed by atoms with E-state index in [0.717, 1.165) is 11.4 Å². The summed E-state index contributed by atoms with van der Waals surface area (Å²) in [6.07, 6.45) is 3.98. The van der Waals surface area contributed by atoms with E-state index in [0.29, 0.717) is 6.42 Å². The number of rotatable bonds is 3. The zero-order chi connectivity index (χ0) is 12.3. The van der Waals surface area contributed by atoms with Gasteiger partial charge in [0.25, 0.3) is 5.91 Å². The first-order valence-corrected chi connectivity index (χ1v) is 5.61. The van der Waals surface area contributed by atoms with Gasteiger partial charge in [-0.2, -0.15) is 0 Å². The van der Waals surface area contributed by atoms with E-state index in [1.54, 1.807) is 12.4 Å². The normalized spacial score (nSPS) is 12.4. The van der Waals surface area contributed by atoms with Crippen LogP contribution in [-0.2, 0) is 6.42 Å². The van der Waals surface area contributed by atoms with Gasteiger partial charge < -0.3 is 5.73 Å². The van der Waals surface area contributed by atoms with Crippen molar-refractivity contribution in [1.29, 1.82) is 0 Å². The lowest BCUT2D eigenvalue weighted by molar-refractivity contribution is 0.0876. The summed E-state index contributed by atoms with van der Waals surface area (Å²) in [4.78, 5) is 16.3. The Morgan fingerprint density at radius 3 is 2.76 bits per heavy atom. The van der Waals surface area contributed by atoms with Gasteiger partial charge in [0.1, 0.15) is 11.9 Å². The summed E-state index contributed by atoms with van der Waals surface area (Å²) in [6, 6.07) is 8.70. The van der Waals surface area contributed by atoms with E-state index >= 15 is 0 Å². The molecule has 1 unspecified atom stereocenters. The summed E-state index contributed by atoms with van der Waals surface area (Å²) < 4.78 is 1.53. The van der Waals surface area contributed by atoms with Gasteiger partial charge in [0, 0.05) is 18.8 Å². The van der Waals surface area contributed by atoms with Crippen molar-refractivity contribution >= 4 is 5.91 Å². The molecule has 4 heteroatoms. The molecule has 1 aromatic carbocycles. The lowest BCUT2D eigenvalue weighted by Gasteiger charge is -2.12. The fourth-order valence-electron chi connectivity index (χ4n) is 1.75. The summed E-state index contributed by atoms with van der Waals surface area (Å²) in [5.41, 5.74) is 6.77. The molecule has 0 amide bonds. The third kappa shape index (κ3) is 2.26. The average molecular weight is 229 g/mol. The molecule has 0 aliphatic heterocycles. The monoisotopic (exact) mass is 229 g/mol. The molecule has 1 aromatic heterocycles. The van der Waals surface area contributed by atoms with E-state index in [4.69, 9.17) is 5.73 Å². The highest BCUT2D eigenvalue weighted by atomic mass is 16.2. The van der Waals surface area contributed by atoms with Gasteiger partial charge in [-0.15, -0.1) is 0 Å². The summed E-state index contributed by atoms with van der Waals surface area (Å²) in [7, 11) is 0. The predicted octanol–water partition coefficient (Wildman–Crippen LogP) is 1.79. The lowest BCUT2D eigenvalue weighted by Crippen LogP contribution is -2.27. The van der Waals surface area contributed by atoms with Crippen molar-refractivity contribution in [3.63, 3.8) is 0 Å². The second kappa shape index (κ2) is 4.93. The molecule has 2 N–H and O–H groups in total. The van der Waals surface area contributed by atoms with Crippen LogP contribution in [0.15, 0.2) is 42.7 Å². The molecule has 0 aliphatic rings. The molecular weight excluding hydrogens is 214 g/mol. The van der Waals surface area contributed by atoms with Crippen LogP contribution >= 0.6 is 0 Å². The lowest BCUT2D eigenvalue weighted by atomic mass is 10.1. The number of imidazole rings is 1. The van der Waals surface area contributed by atoms with E-state index in [-0.39, 0.29) is 5.91 Å². The number of benzene rings is 1. The molecule has 0 fully saturated rings. The van der Waals surface area contributed by atoms with Gasteiger partial charge in [0.15, 0.2) is 0 Å². The molecule has 0 bridgehead atoms. The maximum Gasteiger partial charge on any atom is 0.253 e. The van der Waals surface area contributed by atoms with Gasteiger partial charge in [-0.3, -0.25) is 9.36 Å². The van der Waals surface area contributed by atoms with Crippen molar-refractivity contribution in [1.82, 2.24) is 9.55 Å². The maximum absolute atomic E-state index is 12.2. The highest BCUT2D eigenvalue weighted by molar-refractivity contribution is 5.85. The second-order valence-corrected chi connectivity index (χ2v) is 3.79. The van der Waals surface area contributed by atoms with Gasteiger partial charge in [-0.25, -0.2) is 4.98 Å². The van der Waals surface area contributed by atoms with Crippen LogP contribution in [0.25, 0.3) is 0 Å². The topological polar surface area (TPSA) is 60.9 Å². The van der Waals surface area contributed by atoms with Crippen molar-refractivity contribution in [2.24, 2.45) is 5.73 Å². The quantitative estimate of drug-likeness (QED) is 0.872. The number of hydrogen-bond acceptors (Lipinski definition) is 3. The molecule has 2 rings (SSSR count). The van der Waals surface area contributed by atoms with Gasteiger partial charge in [-0.05, 0) is 5.56 Å². The van der Waals surface area contributed by atoms with Crippen LogP contribution in [0.3, 0.4) is 0 Å². The molecule has 17 heavy (non-hydrogen) atoms. The first kappa shape index (κ1) is 11.5. The Labute approximate surface area is 100 Å². The molecule has 0 spiro atoms. The minimum atomic E-state index is -0.643. The molecule has 2 aromatic rings. The number of nitrogens with two attached hydrogens (primary N) is 1. The number of nitrogens with zero attached hydrogens (tertiary/aromatic N) is 2. The van der Waals surface area contributed by atoms with Crippen molar-refractivity contribution in [3.8, 4) is 0 Å². The van der Waals surface area contributed by atoms with Gasteiger partial charge in [0.05, 0.1) is 0 Å². The first-order valence-electron chi connectivity index (χ1n) is 5.61. The maximum atomic E-state index is 12.2. The number of aryl methyl sites for hydroxylation is 1. The van der Waals surface area contributed by atoms with Crippen LogP contribution < -0.4 is 5.73 Å². The van der Waals surface area contributed by atoms with Gasteiger partial charge in [0.2, 0.25) is 0 Å². The number of hydrogen-bond donors (Lipinski definition) is 1. The highest BCUT2D eigenvalue weighted by Crippen LogP contribution is 2.13. The van der Waals surface area contributed by atoms with E-state index in [1.165, 1.54) is 4.57 Å². The summed E-state index contributed by atoms with van der Waals surface area (Å²) in [5, 5.41) is 0. The van der Waals surface area contributed by atoms with Crippen molar-refractivity contribution < 1.29 is 4.79 Å². The number of carbonyl (C=O) groups excluding carboxylic acids is 1. The van der Waals surface area contributed by atoms with Crippen molar-refractivity contribution in [2.75, 3.05) is 0 Å². The second-order valence-electron chi connectivity index (χ2n) is 3.79. The van der Waals surface area contributed by atoms with Crippen LogP contribution in [0.2, 0.25) is 0 Å². The fraction of sp³-hybridized carbons (Fsp3) is 0.231. The minimum Gasteiger partial charge on any atom is -0.316 e. The van der Waals surface area contributed by atoms with Crippen LogP contribution in [0.5, 0.6) is 0 Å². The average Bonchev–Trinajstić information content (AvgIpc) is 2.86. The molecule has 1 atom stereocenters. The third-order valence-corrected chi connectivity index (χ3v) is 2.70. The Morgan fingerprint density at radius 2 is 2.12 bits per heavy atom. The van der Waals surface area contributed by atoms with Crippen LogP contribution in [-0.4, -0.2) is 15.5 Å². The Balaban J connectivity index is 2.27. The van der Waals surface area contributed by atoms with Crippen LogP contribution in [0.1, 0.15) is 29.1 Å². The zero-order valence-electron chi connectivity index (χ0n) is 9.71. The Morgan fingerprint density at radius 1 is 1.41 bits per heavy atom. The molecule has 0 aliphatic carbocycles. The van der Waals surface area contributed by atoms with E-state index < -0.39 is 6.04 Å². The molecule has 0 radical (unpaired) electrons. The van der Waals surface area contributed by atoms with Crippen molar-refractivity contribution in [2.45, 2.75) is 19.4 Å². The summed E-state index contributed by atoms with van der Waals surface area (Å²) in [5.74, 6) is 0.590. The van der Waals surface area contributed by atoms with E-state index in [2.05, 4.69) is 4.98 Å². The van der Waals surface area contributed by atoms with Gasteiger partial charge in [-0.1, -0.05) is 37.3 Å². The van der Waals surface area contributed by atoms with Gasteiger partial charge >= 0.3 is 0 Å². The SMILES string of the molecule is CCc1nccn1C(=O)C(N)c1ccccc1. The Bertz CT molecular complexity index is 504. The van der Waals surface area contributed by atoms with Crippen molar-refractivity contribution in [3.05, 3.63) is 54.1 Å². The number of aromatic nitrogens is 2. The van der Waals surface area contributed by atoms with Crippen LogP contribution in [0.4, 0.5) is 0 Å². The molecular formula is C13H15N3O. The smallest absolute Gasteiger partial charge is 0.253 e. The zero-order valence-corrected chi connectivity index (χ0v) is 9.71. The predicted molar refractivity (Wildman–Crippen MR) is 65.6 cm³/mol. The molecule has 0 saturated heterocycles. The largest absolute Gasteiger partial charge is 0.316 e. The number of carbonyl (C=O) groups is 1. The summed E-state index contributed by atoms with van der Waals surface area (Å²) >= 11 is 0. The fourth-order valence-corrected chi connectivity index (χ4v) is 1.75. The summed E-state index contributed by atoms with van der Waals surface area (Å²) in [6.45, 7) is 1.96.